The Morgan fingerprint density at radius 3 is 2.30 bits per heavy atom. The molecule has 30 heavy (non-hydrogen) atoms. The van der Waals surface area contributed by atoms with E-state index in [-0.39, 0.29) is 18.4 Å². The van der Waals surface area contributed by atoms with E-state index in [0.29, 0.717) is 12.2 Å². The number of benzene rings is 2. The number of hydrogen-bond donors (Lipinski definition) is 3. The van der Waals surface area contributed by atoms with Crippen molar-refractivity contribution in [3.8, 4) is 5.75 Å². The molecule has 1 saturated heterocycles. The summed E-state index contributed by atoms with van der Waals surface area (Å²) in [5, 5.41) is 0. The summed E-state index contributed by atoms with van der Waals surface area (Å²) in [6.45, 7) is 6.65. The van der Waals surface area contributed by atoms with Gasteiger partial charge in [-0.2, -0.15) is 0 Å². The maximum absolute atomic E-state index is 12.0. The van der Waals surface area contributed by atoms with Gasteiger partial charge in [0, 0.05) is 5.69 Å². The standard InChI is InChI=1S/C23H30N4O3/c1-2-19-8-10-21(11-9-19)30-18-23(29)25-24-22(28)12-13-26-14-16-27(17-15-26)20-6-4-3-5-7-20/h3-11H,2,12-18H2,1H3,(H,24,28)(H,25,29)/p+1. The van der Waals surface area contributed by atoms with Crippen molar-refractivity contribution in [1.82, 2.24) is 10.9 Å². The van der Waals surface area contributed by atoms with Gasteiger partial charge in [0.05, 0.1) is 39.1 Å². The van der Waals surface area contributed by atoms with Crippen LogP contribution in [0.1, 0.15) is 18.9 Å². The minimum absolute atomic E-state index is 0.140. The number of carbonyl (C=O) groups is 2. The molecule has 0 aliphatic carbocycles. The number of anilines is 1. The highest BCUT2D eigenvalue weighted by Crippen LogP contribution is 2.13. The van der Waals surface area contributed by atoms with Crippen LogP contribution in [-0.4, -0.2) is 51.1 Å². The fourth-order valence-electron chi connectivity index (χ4n) is 3.47. The lowest BCUT2D eigenvalue weighted by molar-refractivity contribution is -0.900. The molecule has 7 nitrogen and oxygen atoms in total. The van der Waals surface area contributed by atoms with Crippen LogP contribution in [0.3, 0.4) is 0 Å². The van der Waals surface area contributed by atoms with Gasteiger partial charge in [0.1, 0.15) is 5.75 Å². The first-order chi connectivity index (χ1) is 14.6. The molecule has 1 fully saturated rings. The van der Waals surface area contributed by atoms with E-state index in [1.54, 1.807) is 0 Å². The Morgan fingerprint density at radius 2 is 1.63 bits per heavy atom. The normalized spacial score (nSPS) is 14.2. The Kier molecular flexibility index (Phi) is 8.09. The van der Waals surface area contributed by atoms with Crippen LogP contribution >= 0.6 is 0 Å². The van der Waals surface area contributed by atoms with E-state index >= 15 is 0 Å². The molecule has 0 radical (unpaired) electrons. The Labute approximate surface area is 178 Å². The van der Waals surface area contributed by atoms with E-state index in [4.69, 9.17) is 4.74 Å². The molecule has 0 saturated carbocycles. The summed E-state index contributed by atoms with van der Waals surface area (Å²) in [5.41, 5.74) is 7.34. The molecule has 3 N–H and O–H groups in total. The highest BCUT2D eigenvalue weighted by atomic mass is 16.5. The molecule has 3 rings (SSSR count). The molecule has 0 spiro atoms. The van der Waals surface area contributed by atoms with Gasteiger partial charge in [-0.25, -0.2) is 0 Å². The van der Waals surface area contributed by atoms with Crippen LogP contribution in [0.5, 0.6) is 5.75 Å². The minimum Gasteiger partial charge on any atom is -0.484 e. The van der Waals surface area contributed by atoms with Crippen molar-refractivity contribution in [3.63, 3.8) is 0 Å². The van der Waals surface area contributed by atoms with E-state index in [1.807, 2.05) is 30.3 Å². The van der Waals surface area contributed by atoms with Gasteiger partial charge in [-0.1, -0.05) is 37.3 Å². The number of nitrogens with one attached hydrogen (secondary N) is 3. The van der Waals surface area contributed by atoms with Crippen LogP contribution in [0.4, 0.5) is 5.69 Å². The molecule has 0 unspecified atom stereocenters. The number of rotatable bonds is 8. The second-order valence-corrected chi connectivity index (χ2v) is 7.46. The molecule has 2 aromatic carbocycles. The molecule has 160 valence electrons. The molecule has 1 aliphatic rings. The van der Waals surface area contributed by atoms with E-state index in [9.17, 15) is 9.59 Å². The summed E-state index contributed by atoms with van der Waals surface area (Å²) in [6, 6.07) is 18.0. The van der Waals surface area contributed by atoms with Crippen molar-refractivity contribution >= 4 is 17.5 Å². The van der Waals surface area contributed by atoms with E-state index in [2.05, 4.69) is 46.9 Å². The SMILES string of the molecule is CCc1ccc(OCC(=O)NNC(=O)CC[NH+]2CCN(c3ccccc3)CC2)cc1. The lowest BCUT2D eigenvalue weighted by Crippen LogP contribution is -3.15. The number of quaternary nitrogens is 1. The van der Waals surface area contributed by atoms with Crippen molar-refractivity contribution in [2.75, 3.05) is 44.2 Å². The van der Waals surface area contributed by atoms with Gasteiger partial charge in [0.25, 0.3) is 5.91 Å². The zero-order valence-corrected chi connectivity index (χ0v) is 17.5. The molecule has 0 atom stereocenters. The van der Waals surface area contributed by atoms with Gasteiger partial charge < -0.3 is 14.5 Å². The summed E-state index contributed by atoms with van der Waals surface area (Å²) in [5.74, 6) is 0.0623. The number of nitrogens with zero attached hydrogens (tertiary/aromatic N) is 1. The highest BCUT2D eigenvalue weighted by Gasteiger charge is 2.20. The number of piperazine rings is 1. The average Bonchev–Trinajstić information content (AvgIpc) is 2.81. The van der Waals surface area contributed by atoms with Gasteiger partial charge in [0.15, 0.2) is 6.61 Å². The van der Waals surface area contributed by atoms with Gasteiger partial charge in [-0.05, 0) is 36.2 Å². The smallest absolute Gasteiger partial charge is 0.276 e. The maximum Gasteiger partial charge on any atom is 0.276 e. The van der Waals surface area contributed by atoms with Crippen LogP contribution in [0.2, 0.25) is 0 Å². The summed E-state index contributed by atoms with van der Waals surface area (Å²) in [6.07, 6.45) is 1.33. The van der Waals surface area contributed by atoms with Crippen LogP contribution in [-0.2, 0) is 16.0 Å². The van der Waals surface area contributed by atoms with E-state index in [1.165, 1.54) is 16.2 Å². The number of amides is 2. The molecular formula is C23H31N4O3+. The van der Waals surface area contributed by atoms with Crippen molar-refractivity contribution < 1.29 is 19.2 Å². The molecule has 0 aromatic heterocycles. The van der Waals surface area contributed by atoms with Crippen molar-refractivity contribution in [1.29, 1.82) is 0 Å². The highest BCUT2D eigenvalue weighted by molar-refractivity contribution is 5.82. The second kappa shape index (κ2) is 11.2. The predicted molar refractivity (Wildman–Crippen MR) is 116 cm³/mol. The van der Waals surface area contributed by atoms with Crippen molar-refractivity contribution in [2.24, 2.45) is 0 Å². The summed E-state index contributed by atoms with van der Waals surface area (Å²) >= 11 is 0. The number of para-hydroxylation sites is 1. The summed E-state index contributed by atoms with van der Waals surface area (Å²) in [4.78, 5) is 27.7. The fourth-order valence-corrected chi connectivity index (χ4v) is 3.47. The number of aryl methyl sites for hydroxylation is 1. The third-order valence-electron chi connectivity index (χ3n) is 5.34. The summed E-state index contributed by atoms with van der Waals surface area (Å²) in [7, 11) is 0. The van der Waals surface area contributed by atoms with Gasteiger partial charge >= 0.3 is 0 Å². The number of hydrazine groups is 1. The Hall–Kier alpha value is -3.06. The Balaban J connectivity index is 1.28. The Bertz CT molecular complexity index is 803. The van der Waals surface area contributed by atoms with Crippen LogP contribution in [0.25, 0.3) is 0 Å². The number of hydrogen-bond acceptors (Lipinski definition) is 4. The Morgan fingerprint density at radius 1 is 0.967 bits per heavy atom. The largest absolute Gasteiger partial charge is 0.484 e. The lowest BCUT2D eigenvalue weighted by atomic mass is 10.2. The van der Waals surface area contributed by atoms with E-state index < -0.39 is 0 Å². The third kappa shape index (κ3) is 6.77. The monoisotopic (exact) mass is 411 g/mol. The molecule has 7 heteroatoms. The van der Waals surface area contributed by atoms with Crippen molar-refractivity contribution in [2.45, 2.75) is 19.8 Å². The first-order valence-electron chi connectivity index (χ1n) is 10.6. The molecule has 1 heterocycles. The minimum atomic E-state index is -0.383. The second-order valence-electron chi connectivity index (χ2n) is 7.46. The quantitative estimate of drug-likeness (QED) is 0.556. The predicted octanol–water partition coefficient (Wildman–Crippen LogP) is 0.570. The lowest BCUT2D eigenvalue weighted by Gasteiger charge is -2.33. The molecular weight excluding hydrogens is 380 g/mol. The van der Waals surface area contributed by atoms with Gasteiger partial charge in [0.2, 0.25) is 5.91 Å². The number of carbonyl (C=O) groups excluding carboxylic acids is 2. The number of ether oxygens (including phenoxy) is 1. The molecule has 1 aliphatic heterocycles. The van der Waals surface area contributed by atoms with Crippen LogP contribution < -0.4 is 25.4 Å². The van der Waals surface area contributed by atoms with Crippen molar-refractivity contribution in [3.05, 3.63) is 60.2 Å². The molecule has 2 amide bonds. The third-order valence-corrected chi connectivity index (χ3v) is 5.34. The van der Waals surface area contributed by atoms with Gasteiger partial charge in [-0.3, -0.25) is 20.4 Å². The van der Waals surface area contributed by atoms with Crippen LogP contribution in [0, 0.1) is 0 Å². The van der Waals surface area contributed by atoms with Gasteiger partial charge in [-0.15, -0.1) is 0 Å². The van der Waals surface area contributed by atoms with E-state index in [0.717, 1.165) is 39.1 Å². The average molecular weight is 412 g/mol. The zero-order chi connectivity index (χ0) is 21.2. The fraction of sp³-hybridized carbons (Fsp3) is 0.391. The molecule has 2 aromatic rings. The maximum atomic E-state index is 12.0. The zero-order valence-electron chi connectivity index (χ0n) is 17.5. The first-order valence-corrected chi connectivity index (χ1v) is 10.6. The summed E-state index contributed by atoms with van der Waals surface area (Å²) < 4.78 is 5.43. The first kappa shape index (κ1) is 21.6. The topological polar surface area (TPSA) is 75.1 Å². The molecule has 0 bridgehead atoms. The van der Waals surface area contributed by atoms with Crippen LogP contribution in [0.15, 0.2) is 54.6 Å².